The number of ether oxygens (including phenoxy) is 1. The van der Waals surface area contributed by atoms with Gasteiger partial charge in [0.1, 0.15) is 11.9 Å². The first-order valence-corrected chi connectivity index (χ1v) is 27.4. The lowest BCUT2D eigenvalue weighted by molar-refractivity contribution is -0.664. The third-order valence-electron chi connectivity index (χ3n) is 15.6. The highest BCUT2D eigenvalue weighted by molar-refractivity contribution is 7.20. The van der Waals surface area contributed by atoms with Crippen molar-refractivity contribution in [1.29, 1.82) is 0 Å². The molecule has 0 spiro atoms. The van der Waals surface area contributed by atoms with Crippen molar-refractivity contribution in [2.75, 3.05) is 0 Å². The Balaban J connectivity index is 0.000000222. The smallest absolute Gasteiger partial charge is 0.416 e. The molecule has 1 aromatic heterocycles. The summed E-state index contributed by atoms with van der Waals surface area (Å²) >= 11 is 0. The van der Waals surface area contributed by atoms with Crippen molar-refractivity contribution in [2.45, 2.75) is 56.0 Å². The molecule has 28 heteroatoms. The van der Waals surface area contributed by atoms with E-state index in [0.717, 1.165) is 48.8 Å². The topological polar surface area (TPSA) is 30.2 Å². The zero-order valence-electron chi connectivity index (χ0n) is 47.2. The molecule has 0 bridgehead atoms. The number of alkyl halides is 24. The normalized spacial score (nSPS) is 13.1. The van der Waals surface area contributed by atoms with Gasteiger partial charge in [0.05, 0.1) is 44.5 Å². The molecular weight excluding hydrogens is 1320 g/mol. The van der Waals surface area contributed by atoms with E-state index in [9.17, 15) is 110 Å². The lowest BCUT2D eigenvalue weighted by atomic mass is 9.12. The summed E-state index contributed by atoms with van der Waals surface area (Å²) in [6.45, 7) is 0.563. The summed E-state index contributed by atoms with van der Waals surface area (Å²) in [5, 5.41) is 7.25. The third kappa shape index (κ3) is 14.2. The van der Waals surface area contributed by atoms with Gasteiger partial charge in [0.25, 0.3) is 5.69 Å². The van der Waals surface area contributed by atoms with Crippen molar-refractivity contribution in [2.24, 2.45) is 0 Å². The molecule has 0 aliphatic rings. The molecule has 0 saturated carbocycles. The number of fused-ring (bicyclic) bond motifs is 4. The lowest BCUT2D eigenvalue weighted by Gasteiger charge is -2.46. The molecule has 10 aromatic carbocycles. The fourth-order valence-electron chi connectivity index (χ4n) is 11.4. The van der Waals surface area contributed by atoms with Crippen LogP contribution in [0.15, 0.2) is 206 Å². The number of hydrogen-bond donors (Lipinski definition) is 0. The molecule has 3 nitrogen and oxygen atoms in total. The highest BCUT2D eigenvalue weighted by Crippen LogP contribution is 2.43. The minimum absolute atomic E-state index is 0.377. The van der Waals surface area contributed by atoms with E-state index in [4.69, 9.17) is 4.74 Å². The predicted octanol–water partition coefficient (Wildman–Crippen LogP) is 19.1. The number of benzene rings is 10. The molecule has 0 amide bonds. The minimum atomic E-state index is -6.13. The second kappa shape index (κ2) is 24.2. The van der Waals surface area contributed by atoms with E-state index in [2.05, 4.69) is 65.2 Å². The molecule has 1 heterocycles. The molecule has 0 radical (unpaired) electrons. The Morgan fingerprint density at radius 1 is 0.305 bits per heavy atom. The first-order valence-electron chi connectivity index (χ1n) is 27.4. The number of para-hydroxylation sites is 1. The molecule has 11 aromatic rings. The van der Waals surface area contributed by atoms with Crippen molar-refractivity contribution in [3.05, 3.63) is 262 Å². The molecular formula is C67H36BF24NO2. The van der Waals surface area contributed by atoms with Gasteiger partial charge in [0, 0.05) is 33.9 Å². The SMILES string of the molecule is FC(F)(F)c1cc([B-](c2cc(C(F)(F)F)cc(C(F)(F)F)c2)(c2cc(C(F)(F)F)cc(C(F)(F)F)c2)c2cc(C(F)(F)F)cc(C(F)(F)F)c2)cc(C(F)(F)F)c1.O=C(Oc1c2ccccc2cc2cc3ccccc3cc12)c1ccc2ccccc2[n+]1Cc1ccccc1. The minimum Gasteiger partial charge on any atom is -0.417 e. The van der Waals surface area contributed by atoms with Crippen molar-refractivity contribution < 1.29 is 119 Å². The maximum absolute atomic E-state index is 14.2. The molecule has 0 aliphatic heterocycles. The van der Waals surface area contributed by atoms with Crippen LogP contribution in [0, 0.1) is 0 Å². The van der Waals surface area contributed by atoms with Crippen molar-refractivity contribution in [3.63, 3.8) is 0 Å². The van der Waals surface area contributed by atoms with Crippen LogP contribution in [0.4, 0.5) is 105 Å². The number of carbonyl (C=O) groups is 1. The van der Waals surface area contributed by atoms with Gasteiger partial charge in [-0.25, -0.2) is 4.79 Å². The summed E-state index contributed by atoms with van der Waals surface area (Å²) in [5.41, 5.74) is -27.6. The number of rotatable bonds is 8. The summed E-state index contributed by atoms with van der Waals surface area (Å²) in [5.74, 6) is 0.214. The van der Waals surface area contributed by atoms with Crippen LogP contribution in [0.2, 0.25) is 0 Å². The van der Waals surface area contributed by atoms with Gasteiger partial charge in [-0.2, -0.15) is 132 Å². The van der Waals surface area contributed by atoms with E-state index >= 15 is 0 Å². The average molecular weight is 1350 g/mol. The molecule has 0 aliphatic carbocycles. The second-order valence-electron chi connectivity index (χ2n) is 21.8. The highest BCUT2D eigenvalue weighted by Gasteiger charge is 2.47. The highest BCUT2D eigenvalue weighted by atomic mass is 19.4. The van der Waals surface area contributed by atoms with E-state index in [0.29, 0.717) is 18.0 Å². The Bertz CT molecular complexity index is 4310. The van der Waals surface area contributed by atoms with Gasteiger partial charge in [-0.1, -0.05) is 140 Å². The van der Waals surface area contributed by atoms with Gasteiger partial charge >= 0.3 is 55.4 Å². The summed E-state index contributed by atoms with van der Waals surface area (Å²) in [6, 6.07) is 36.2. The molecule has 0 atom stereocenters. The number of pyridine rings is 1. The fourth-order valence-corrected chi connectivity index (χ4v) is 11.4. The van der Waals surface area contributed by atoms with Crippen LogP contribution in [-0.2, 0) is 56.0 Å². The molecule has 0 unspecified atom stereocenters. The van der Waals surface area contributed by atoms with Crippen molar-refractivity contribution >= 4 is 77.2 Å². The van der Waals surface area contributed by atoms with Gasteiger partial charge in [-0.05, 0) is 76.1 Å². The number of nitrogens with zero attached hydrogens (tertiary/aromatic N) is 1. The van der Waals surface area contributed by atoms with Gasteiger partial charge < -0.3 is 4.74 Å². The largest absolute Gasteiger partial charge is 0.417 e. The van der Waals surface area contributed by atoms with Gasteiger partial charge in [-0.15, -0.1) is 0 Å². The Morgan fingerprint density at radius 2 is 0.621 bits per heavy atom. The molecule has 492 valence electrons. The van der Waals surface area contributed by atoms with E-state index in [1.807, 2.05) is 72.8 Å². The van der Waals surface area contributed by atoms with E-state index < -0.39 is 195 Å². The summed E-state index contributed by atoms with van der Waals surface area (Å²) < 4.78 is 349. The number of halogens is 24. The third-order valence-corrected chi connectivity index (χ3v) is 15.6. The van der Waals surface area contributed by atoms with Crippen LogP contribution in [0.1, 0.15) is 60.6 Å². The molecule has 0 saturated heterocycles. The molecule has 0 N–H and O–H groups in total. The molecule has 95 heavy (non-hydrogen) atoms. The average Bonchev–Trinajstić information content (AvgIpc) is 0.713. The second-order valence-corrected chi connectivity index (χ2v) is 21.8. The van der Waals surface area contributed by atoms with Crippen LogP contribution < -0.4 is 31.2 Å². The van der Waals surface area contributed by atoms with Gasteiger partial charge in [-0.3, -0.25) is 0 Å². The number of esters is 1. The van der Waals surface area contributed by atoms with Crippen molar-refractivity contribution in [3.8, 4) is 5.75 Å². The van der Waals surface area contributed by atoms with E-state index in [1.54, 1.807) is 0 Å². The molecule has 11 rings (SSSR count). The first-order chi connectivity index (χ1) is 44.0. The Kier molecular flexibility index (Phi) is 17.4. The quantitative estimate of drug-likeness (QED) is 0.0379. The number of carbonyl (C=O) groups excluding carboxylic acids is 1. The zero-order valence-corrected chi connectivity index (χ0v) is 47.2. The van der Waals surface area contributed by atoms with Crippen LogP contribution in [-0.4, -0.2) is 12.1 Å². The van der Waals surface area contributed by atoms with Crippen LogP contribution in [0.25, 0.3) is 43.2 Å². The van der Waals surface area contributed by atoms with E-state index in [-0.39, 0.29) is 5.97 Å². The standard InChI is InChI=1S/C35H24NO2.C32H12BF24/c37-35(33-19-18-25-12-7-9-17-32(25)36(33)23-24-10-2-1-3-11-24)38-34-30-16-8-6-15-28(30)21-29-20-26-13-4-5-14-27(26)22-31(29)34;34-25(35,36)13-1-14(26(37,38)39)6-21(5-13)33(22-7-15(27(40,41)42)2-16(8-22)28(43,44)45,23-9-17(29(46,47)48)3-18(10-23)30(49,50)51)24-11-19(31(52,53)54)4-20(12-24)32(55,56)57/h1-22H,23H2;1-12H/q+1;-1. The Hall–Kier alpha value is -9.76. The maximum Gasteiger partial charge on any atom is 0.416 e. The van der Waals surface area contributed by atoms with Crippen LogP contribution in [0.3, 0.4) is 0 Å². The number of hydrogen-bond acceptors (Lipinski definition) is 2. The van der Waals surface area contributed by atoms with Crippen molar-refractivity contribution in [1.82, 2.24) is 0 Å². The zero-order chi connectivity index (χ0) is 69.4. The summed E-state index contributed by atoms with van der Waals surface area (Å²) in [6.07, 6.45) is -54.8. The maximum atomic E-state index is 14.2. The van der Waals surface area contributed by atoms with E-state index in [1.165, 1.54) is 0 Å². The fraction of sp³-hybridized carbons (Fsp3) is 0.134. The molecule has 0 fully saturated rings. The summed E-state index contributed by atoms with van der Waals surface area (Å²) in [4.78, 5) is 14.0. The Labute approximate surface area is 518 Å². The lowest BCUT2D eigenvalue weighted by Crippen LogP contribution is -2.75. The van der Waals surface area contributed by atoms with Crippen LogP contribution >= 0.6 is 0 Å². The first kappa shape index (κ1) is 68.1. The van der Waals surface area contributed by atoms with Crippen LogP contribution in [0.5, 0.6) is 5.75 Å². The Morgan fingerprint density at radius 3 is 1.00 bits per heavy atom. The van der Waals surface area contributed by atoms with Gasteiger partial charge in [0.2, 0.25) is 5.52 Å². The number of aromatic nitrogens is 1. The predicted molar refractivity (Wildman–Crippen MR) is 304 cm³/mol. The monoisotopic (exact) mass is 1350 g/mol. The summed E-state index contributed by atoms with van der Waals surface area (Å²) in [7, 11) is 0. The van der Waals surface area contributed by atoms with Gasteiger partial charge in [0.15, 0.2) is 6.54 Å².